The molecule has 1 N–H and O–H groups in total. The van der Waals surface area contributed by atoms with Crippen LogP contribution < -0.4 is 4.98 Å². The van der Waals surface area contributed by atoms with Gasteiger partial charge in [-0.2, -0.15) is 11.4 Å². The van der Waals surface area contributed by atoms with E-state index in [2.05, 4.69) is 85.6 Å². The Hall–Kier alpha value is -3.82. The van der Waals surface area contributed by atoms with Gasteiger partial charge in [0.25, 0.3) is 0 Å². The number of rotatable bonds is 4. The summed E-state index contributed by atoms with van der Waals surface area (Å²) in [5.74, 6) is -1.14. The molecule has 1 aromatic heterocycles. The van der Waals surface area contributed by atoms with Crippen LogP contribution in [0.2, 0.25) is 0 Å². The van der Waals surface area contributed by atoms with Gasteiger partial charge in [0.05, 0.1) is 0 Å². The van der Waals surface area contributed by atoms with Crippen molar-refractivity contribution in [2.45, 2.75) is 105 Å². The van der Waals surface area contributed by atoms with Crippen LogP contribution in [-0.4, -0.2) is 9.51 Å². The third kappa shape index (κ3) is 9.35. The first kappa shape index (κ1) is 38.4. The fourth-order valence-electron chi connectivity index (χ4n) is 7.14. The summed E-state index contributed by atoms with van der Waals surface area (Å²) in [4.78, 5) is 4.11. The molecule has 0 spiro atoms. The van der Waals surface area contributed by atoms with Gasteiger partial charge in [-0.05, 0) is 104 Å². The maximum atomic E-state index is 14.5. The Kier molecular flexibility index (Phi) is 12.9. The quantitative estimate of drug-likeness (QED) is 0.185. The van der Waals surface area contributed by atoms with Gasteiger partial charge in [0, 0.05) is 5.56 Å². The number of fused-ring (bicyclic) bond motifs is 2. The third-order valence-electron chi connectivity index (χ3n) is 10.0. The van der Waals surface area contributed by atoms with Gasteiger partial charge in [-0.1, -0.05) is 26.0 Å². The van der Waals surface area contributed by atoms with Crippen molar-refractivity contribution in [1.82, 2.24) is 4.98 Å². The van der Waals surface area contributed by atoms with E-state index in [0.717, 1.165) is 90.6 Å². The Balaban J connectivity index is 0.000000168. The number of aryl methyl sites for hydroxylation is 6. The molecule has 0 bridgehead atoms. The van der Waals surface area contributed by atoms with Crippen LogP contribution in [0.4, 0.5) is 14.5 Å². The van der Waals surface area contributed by atoms with Crippen molar-refractivity contribution in [2.24, 2.45) is 3.50 Å². The minimum atomic E-state index is -0.584. The number of hydrogen-bond donors (Lipinski definition) is 1. The molecule has 2 aliphatic rings. The van der Waals surface area contributed by atoms with Crippen molar-refractivity contribution in [3.8, 4) is 16.9 Å². The number of hydrogen-bond acceptors (Lipinski definition) is 2. The molecule has 3 nitrogen and oxygen atoms in total. The first-order chi connectivity index (χ1) is 24.4. The van der Waals surface area contributed by atoms with E-state index in [4.69, 9.17) is 3.50 Å². The molecule has 0 fully saturated rings. The molecular weight excluding hydrogens is 718 g/mol. The summed E-state index contributed by atoms with van der Waals surface area (Å²) in [6.45, 7) is 14.6. The summed E-state index contributed by atoms with van der Waals surface area (Å²) < 4.78 is 36.2. The molecule has 1 heterocycles. The van der Waals surface area contributed by atoms with E-state index in [1.54, 1.807) is 13.0 Å². The van der Waals surface area contributed by atoms with Crippen LogP contribution in [0.1, 0.15) is 95.4 Å². The van der Waals surface area contributed by atoms with Gasteiger partial charge < -0.3 is 10.1 Å². The minimum absolute atomic E-state index is 0.101. The van der Waals surface area contributed by atoms with Crippen LogP contribution in [-0.2, 0) is 49.0 Å². The van der Waals surface area contributed by atoms with E-state index in [-0.39, 0.29) is 17.0 Å². The predicted molar refractivity (Wildman–Crippen MR) is 204 cm³/mol. The van der Waals surface area contributed by atoms with Crippen molar-refractivity contribution >= 4 is 10.1 Å². The predicted octanol–water partition coefficient (Wildman–Crippen LogP) is 11.6. The topological polar surface area (TPSA) is 46.7 Å². The van der Waals surface area contributed by atoms with Crippen molar-refractivity contribution in [1.29, 1.82) is 0 Å². The summed E-state index contributed by atoms with van der Waals surface area (Å²) in [7, 11) is 0. The summed E-state index contributed by atoms with van der Waals surface area (Å²) >= 11 is -0.493. The van der Waals surface area contributed by atoms with Gasteiger partial charge in [0.15, 0.2) is 11.6 Å². The number of aromatic hydroxyl groups is 1. The molecule has 0 saturated carbocycles. The standard InChI is InChI=1S/C21H22F2O.C10H12.C8H9N.C6H8N.Mo/c1-12-17(22)10-13-6-2-4-8-15(13)19(12)20-16-9-5-3-7-14(16)11-18(23)21(20)24;1-10(2,3)9-7-5-4-6-8-9;1-6-4-3-5-7(2)8(6)9;1-5-3-4-6(2)7-5;/h10-11,24H,2-9H2,1H3;1,4-8H,2-3H3;3-5H,1-2H3;3-4H,1-2H3;/q;;;-1;. The maximum absolute atomic E-state index is 14.5. The first-order valence-electron chi connectivity index (χ1n) is 18.1. The third-order valence-corrected chi connectivity index (χ3v) is 12.5. The second kappa shape index (κ2) is 17.1. The molecule has 0 saturated heterocycles. The number of nitrogens with zero attached hydrogens (tertiary/aromatic N) is 2. The van der Waals surface area contributed by atoms with Crippen LogP contribution in [0.25, 0.3) is 11.1 Å². The molecule has 2 aliphatic carbocycles. The van der Waals surface area contributed by atoms with Gasteiger partial charge in [0.1, 0.15) is 5.82 Å². The van der Waals surface area contributed by atoms with Crippen molar-refractivity contribution < 1.29 is 31.8 Å². The molecule has 0 atom stereocenters. The van der Waals surface area contributed by atoms with Gasteiger partial charge in [-0.15, -0.1) is 0 Å². The Morgan fingerprint density at radius 3 is 1.76 bits per heavy atom. The van der Waals surface area contributed by atoms with E-state index in [1.807, 2.05) is 26.0 Å². The van der Waals surface area contributed by atoms with Crippen LogP contribution in [0.3, 0.4) is 0 Å². The Morgan fingerprint density at radius 1 is 0.686 bits per heavy atom. The normalized spacial score (nSPS) is 13.4. The Morgan fingerprint density at radius 2 is 1.22 bits per heavy atom. The number of halogens is 2. The fraction of sp³-hybridized carbons (Fsp3) is 0.356. The average Bonchev–Trinajstić information content (AvgIpc) is 3.50. The number of phenols is 1. The molecule has 5 aromatic rings. The molecule has 7 rings (SSSR count). The van der Waals surface area contributed by atoms with Gasteiger partial charge in [-0.3, -0.25) is 0 Å². The van der Waals surface area contributed by atoms with Gasteiger partial charge in [-0.25, -0.2) is 8.78 Å². The average molecular weight is 770 g/mol. The van der Waals surface area contributed by atoms with Crippen LogP contribution in [0.5, 0.6) is 5.75 Å². The number of benzene rings is 4. The summed E-state index contributed by atoms with van der Waals surface area (Å²) in [5, 5.41) is 10.5. The van der Waals surface area contributed by atoms with E-state index in [1.165, 1.54) is 28.4 Å². The molecule has 0 aliphatic heterocycles. The van der Waals surface area contributed by atoms with Gasteiger partial charge >= 0.3 is 130 Å². The SMILES string of the molecule is Cc1c(F)cc2c(c1-c1c(O)c(F)cc3c1CCCC3)CCCC2.Cc1ccc(C)[n-]1.Cc1cccc(C)c1[N]=[Mo]=[CH]C(C)(C)c1ccccc1. The molecule has 6 heteroatoms. The molecule has 51 heavy (non-hydrogen) atoms. The fourth-order valence-corrected chi connectivity index (χ4v) is 9.21. The zero-order chi connectivity index (χ0) is 36.7. The van der Waals surface area contributed by atoms with Crippen molar-refractivity contribution in [3.63, 3.8) is 0 Å². The molecule has 0 amide bonds. The summed E-state index contributed by atoms with van der Waals surface area (Å²) in [6.07, 6.45) is 7.57. The van der Waals surface area contributed by atoms with Crippen LogP contribution in [0, 0.1) is 46.3 Å². The monoisotopic (exact) mass is 771 g/mol. The second-order valence-electron chi connectivity index (χ2n) is 14.5. The van der Waals surface area contributed by atoms with E-state index in [0.29, 0.717) is 11.1 Å². The molecular formula is C45H51F2MoN2O-. The Labute approximate surface area is 311 Å². The zero-order valence-electron chi connectivity index (χ0n) is 31.2. The number of aromatic nitrogens is 1. The van der Waals surface area contributed by atoms with Gasteiger partial charge in [0.2, 0.25) is 0 Å². The summed E-state index contributed by atoms with van der Waals surface area (Å²) in [6, 6.07) is 24.2. The first-order valence-corrected chi connectivity index (χ1v) is 20.2. The van der Waals surface area contributed by atoms with E-state index in [9.17, 15) is 13.9 Å². The van der Waals surface area contributed by atoms with E-state index >= 15 is 0 Å². The molecule has 268 valence electrons. The second-order valence-corrected chi connectivity index (χ2v) is 16.0. The summed E-state index contributed by atoms with van der Waals surface area (Å²) in [5.41, 5.74) is 13.4. The van der Waals surface area contributed by atoms with Crippen molar-refractivity contribution in [3.05, 3.63) is 140 Å². The molecule has 0 unspecified atom stereocenters. The number of phenolic OH excluding ortho intramolecular Hbond substituents is 1. The van der Waals surface area contributed by atoms with E-state index < -0.39 is 23.7 Å². The zero-order valence-corrected chi connectivity index (χ0v) is 33.2. The molecule has 4 aromatic carbocycles. The molecule has 0 radical (unpaired) electrons. The Bertz CT molecular complexity index is 1950. The van der Waals surface area contributed by atoms with Crippen LogP contribution >= 0.6 is 0 Å². The van der Waals surface area contributed by atoms with Crippen molar-refractivity contribution in [2.75, 3.05) is 0 Å². The van der Waals surface area contributed by atoms with Crippen LogP contribution in [0.15, 0.2) is 76.3 Å².